The average Bonchev–Trinajstić information content (AvgIpc) is 3.35. The number of nitrogens with one attached hydrogen (secondary N) is 2. The average molecular weight is 531 g/mol. The van der Waals surface area contributed by atoms with E-state index in [2.05, 4.69) is 24.5 Å². The third-order valence-corrected chi connectivity index (χ3v) is 9.94. The van der Waals surface area contributed by atoms with Crippen LogP contribution in [0.2, 0.25) is 0 Å². The third-order valence-electron chi connectivity index (χ3n) is 9.94. The zero-order valence-electron chi connectivity index (χ0n) is 23.6. The lowest BCUT2D eigenvalue weighted by Crippen LogP contribution is -2.58. The van der Waals surface area contributed by atoms with Gasteiger partial charge in [0.15, 0.2) is 0 Å². The van der Waals surface area contributed by atoms with E-state index in [0.717, 1.165) is 57.8 Å². The molecule has 4 atom stereocenters. The summed E-state index contributed by atoms with van der Waals surface area (Å²) in [6.45, 7) is 4.84. The van der Waals surface area contributed by atoms with E-state index >= 15 is 0 Å². The van der Waals surface area contributed by atoms with Gasteiger partial charge in [-0.3, -0.25) is 19.2 Å². The summed E-state index contributed by atoms with van der Waals surface area (Å²) in [5.41, 5.74) is 5.34. The number of carbonyl (C=O) groups is 4. The van der Waals surface area contributed by atoms with Gasteiger partial charge in [0.2, 0.25) is 17.6 Å². The number of nitrogens with zero attached hydrogens (tertiary/aromatic N) is 1. The van der Waals surface area contributed by atoms with Crippen LogP contribution in [0.5, 0.6) is 0 Å². The second-order valence-electron chi connectivity index (χ2n) is 12.9. The van der Waals surface area contributed by atoms with Crippen molar-refractivity contribution in [3.63, 3.8) is 0 Å². The van der Waals surface area contributed by atoms with Gasteiger partial charge in [0.25, 0.3) is 5.91 Å². The number of likely N-dealkylation sites (tertiary alicyclic amines) is 1. The first kappa shape index (κ1) is 29.0. The Morgan fingerprint density at radius 2 is 1.47 bits per heavy atom. The van der Waals surface area contributed by atoms with Crippen LogP contribution in [0.1, 0.15) is 110 Å². The summed E-state index contributed by atoms with van der Waals surface area (Å²) in [5, 5.41) is 6.66. The minimum atomic E-state index is -1.01. The summed E-state index contributed by atoms with van der Waals surface area (Å²) in [4.78, 5) is 54.2. The molecule has 0 spiro atoms. The number of rotatable bonds is 11. The Bertz CT molecular complexity index is 845. The van der Waals surface area contributed by atoms with Crippen LogP contribution in [0, 0.1) is 23.7 Å². The number of primary amides is 1. The molecule has 3 saturated carbocycles. The molecule has 0 aromatic rings. The van der Waals surface area contributed by atoms with E-state index in [9.17, 15) is 19.2 Å². The summed E-state index contributed by atoms with van der Waals surface area (Å²) in [7, 11) is 0. The van der Waals surface area contributed by atoms with Gasteiger partial charge in [-0.25, -0.2) is 0 Å². The van der Waals surface area contributed by atoms with Crippen molar-refractivity contribution in [3.05, 3.63) is 0 Å². The fraction of sp³-hybridized carbons (Fsp3) is 0.867. The molecule has 3 unspecified atom stereocenters. The normalized spacial score (nSPS) is 27.1. The van der Waals surface area contributed by atoms with Crippen LogP contribution in [0.3, 0.4) is 0 Å². The minimum Gasteiger partial charge on any atom is -0.363 e. The standard InChI is InChI=1S/C30H50N4O4/c1-19(2)22-17-25(29(37)33-24(27(35)28(31)36)16-20-10-9-11-20)34(18-22)30(38)26(21-12-5-3-6-13-21)32-23-14-7-4-8-15-23/h19-26,32H,3-18H2,1-2H3,(H2,31,36)(H,33,37)/t22?,24?,25?,26-/m0/s1. The Labute approximate surface area is 228 Å². The molecular weight excluding hydrogens is 480 g/mol. The first-order chi connectivity index (χ1) is 18.2. The van der Waals surface area contributed by atoms with Gasteiger partial charge in [0.1, 0.15) is 6.04 Å². The highest BCUT2D eigenvalue weighted by Crippen LogP contribution is 2.35. The third kappa shape index (κ3) is 7.16. The number of ketones is 1. The molecule has 0 aromatic heterocycles. The lowest BCUT2D eigenvalue weighted by Gasteiger charge is -2.38. The van der Waals surface area contributed by atoms with Crippen LogP contribution < -0.4 is 16.4 Å². The van der Waals surface area contributed by atoms with Crippen molar-refractivity contribution in [2.24, 2.45) is 29.4 Å². The summed E-state index contributed by atoms with van der Waals surface area (Å²) in [5.74, 6) is -0.855. The van der Waals surface area contributed by atoms with Crippen molar-refractivity contribution in [1.82, 2.24) is 15.5 Å². The van der Waals surface area contributed by atoms with Gasteiger partial charge in [-0.2, -0.15) is 0 Å². The molecule has 4 fully saturated rings. The van der Waals surface area contributed by atoms with Crippen LogP contribution in [0.4, 0.5) is 0 Å². The molecule has 3 amide bonds. The molecule has 38 heavy (non-hydrogen) atoms. The molecule has 4 N–H and O–H groups in total. The Morgan fingerprint density at radius 3 is 2.03 bits per heavy atom. The van der Waals surface area contributed by atoms with Crippen LogP contribution in [0.25, 0.3) is 0 Å². The summed E-state index contributed by atoms with van der Waals surface area (Å²) < 4.78 is 0. The van der Waals surface area contributed by atoms with Gasteiger partial charge in [-0.1, -0.05) is 71.6 Å². The molecule has 8 nitrogen and oxygen atoms in total. The minimum absolute atomic E-state index is 0.0440. The highest BCUT2D eigenvalue weighted by Gasteiger charge is 2.45. The number of carbonyl (C=O) groups excluding carboxylic acids is 4. The quantitative estimate of drug-likeness (QED) is 0.353. The SMILES string of the molecule is CC(C)C1CC(C(=O)NC(CC2CCC2)C(=O)C(N)=O)N(C(=O)[C@@H](NC2CCCCC2)C2CCCCC2)C1. The number of nitrogens with two attached hydrogens (primary N) is 1. The van der Waals surface area contributed by atoms with E-state index in [1.807, 2.05) is 4.90 Å². The van der Waals surface area contributed by atoms with Gasteiger partial charge < -0.3 is 21.3 Å². The van der Waals surface area contributed by atoms with Gasteiger partial charge in [0.05, 0.1) is 12.1 Å². The maximum Gasteiger partial charge on any atom is 0.287 e. The van der Waals surface area contributed by atoms with Crippen molar-refractivity contribution in [3.8, 4) is 0 Å². The molecule has 1 aliphatic heterocycles. The van der Waals surface area contributed by atoms with Crippen LogP contribution in [-0.2, 0) is 19.2 Å². The van der Waals surface area contributed by atoms with E-state index in [1.165, 1.54) is 25.7 Å². The van der Waals surface area contributed by atoms with E-state index in [0.29, 0.717) is 43.2 Å². The monoisotopic (exact) mass is 530 g/mol. The van der Waals surface area contributed by atoms with Crippen molar-refractivity contribution < 1.29 is 19.2 Å². The molecule has 3 aliphatic carbocycles. The first-order valence-electron chi connectivity index (χ1n) is 15.4. The second-order valence-corrected chi connectivity index (χ2v) is 12.9. The maximum absolute atomic E-state index is 14.3. The zero-order valence-corrected chi connectivity index (χ0v) is 23.6. The Morgan fingerprint density at radius 1 is 0.842 bits per heavy atom. The summed E-state index contributed by atoms with van der Waals surface area (Å²) >= 11 is 0. The Hall–Kier alpha value is -1.96. The predicted molar refractivity (Wildman–Crippen MR) is 147 cm³/mol. The molecule has 4 aliphatic rings. The van der Waals surface area contributed by atoms with E-state index < -0.39 is 23.8 Å². The topological polar surface area (TPSA) is 122 Å². The zero-order chi connectivity index (χ0) is 27.2. The van der Waals surface area contributed by atoms with Gasteiger partial charge in [-0.15, -0.1) is 0 Å². The van der Waals surface area contributed by atoms with Crippen LogP contribution in [-0.4, -0.2) is 59.1 Å². The largest absolute Gasteiger partial charge is 0.363 e. The Balaban J connectivity index is 1.52. The highest BCUT2D eigenvalue weighted by atomic mass is 16.2. The number of Topliss-reactive ketones (excluding diaryl/α,β-unsaturated/α-hetero) is 1. The van der Waals surface area contributed by atoms with Gasteiger partial charge in [0, 0.05) is 12.6 Å². The summed E-state index contributed by atoms with van der Waals surface area (Å²) in [6.07, 6.45) is 15.6. The molecule has 4 rings (SSSR count). The molecule has 214 valence electrons. The summed E-state index contributed by atoms with van der Waals surface area (Å²) in [6, 6.07) is -1.44. The molecular formula is C30H50N4O4. The van der Waals surface area contributed by atoms with Crippen molar-refractivity contribution in [2.45, 2.75) is 134 Å². The van der Waals surface area contributed by atoms with Crippen LogP contribution in [0.15, 0.2) is 0 Å². The van der Waals surface area contributed by atoms with Crippen LogP contribution >= 0.6 is 0 Å². The fourth-order valence-corrected chi connectivity index (χ4v) is 7.15. The van der Waals surface area contributed by atoms with Gasteiger partial charge in [-0.05, 0) is 62.2 Å². The van der Waals surface area contributed by atoms with Crippen molar-refractivity contribution in [2.75, 3.05) is 6.54 Å². The fourth-order valence-electron chi connectivity index (χ4n) is 7.15. The Kier molecular flexibility index (Phi) is 10.2. The first-order valence-corrected chi connectivity index (χ1v) is 15.4. The number of hydrogen-bond donors (Lipinski definition) is 3. The molecule has 0 radical (unpaired) electrons. The van der Waals surface area contributed by atoms with E-state index in [-0.39, 0.29) is 23.8 Å². The lowest BCUT2D eigenvalue weighted by atomic mass is 9.80. The van der Waals surface area contributed by atoms with Crippen molar-refractivity contribution in [1.29, 1.82) is 0 Å². The molecule has 8 heteroatoms. The lowest BCUT2D eigenvalue weighted by molar-refractivity contribution is -0.143. The second kappa shape index (κ2) is 13.4. The number of amides is 3. The molecule has 1 heterocycles. The van der Waals surface area contributed by atoms with Gasteiger partial charge >= 0.3 is 0 Å². The molecule has 0 aromatic carbocycles. The van der Waals surface area contributed by atoms with E-state index in [4.69, 9.17) is 5.73 Å². The molecule has 0 bridgehead atoms. The number of hydrogen-bond acceptors (Lipinski definition) is 5. The highest BCUT2D eigenvalue weighted by molar-refractivity contribution is 6.37. The molecule has 1 saturated heterocycles. The van der Waals surface area contributed by atoms with Crippen molar-refractivity contribution >= 4 is 23.5 Å². The van der Waals surface area contributed by atoms with E-state index in [1.54, 1.807) is 0 Å². The maximum atomic E-state index is 14.3. The smallest absolute Gasteiger partial charge is 0.287 e. The predicted octanol–water partition coefficient (Wildman–Crippen LogP) is 3.46.